The van der Waals surface area contributed by atoms with Crippen LogP contribution in [-0.4, -0.2) is 41.1 Å². The van der Waals surface area contributed by atoms with Gasteiger partial charge in [-0.15, -0.1) is 0 Å². The normalized spacial score (nSPS) is 14.4. The molecule has 2 aromatic heterocycles. The van der Waals surface area contributed by atoms with Crippen LogP contribution in [0.5, 0.6) is 5.88 Å². The molecule has 1 aliphatic carbocycles. The number of amides is 1. The standard InChI is InChI=1S/C17H21N5O2/c1-22(2)17-19-10-13(11-20-17)21-16(23)12-7-8-15(18-9-12)24-14-5-3-4-6-14/h7-11,14H,3-6H2,1-2H3,(H,21,23). The largest absolute Gasteiger partial charge is 0.474 e. The van der Waals surface area contributed by atoms with Crippen LogP contribution in [0.3, 0.4) is 0 Å². The second kappa shape index (κ2) is 7.25. The first-order valence-electron chi connectivity index (χ1n) is 8.05. The van der Waals surface area contributed by atoms with Crippen molar-refractivity contribution >= 4 is 17.5 Å². The zero-order valence-electron chi connectivity index (χ0n) is 13.9. The fraction of sp³-hybridized carbons (Fsp3) is 0.412. The van der Waals surface area contributed by atoms with Crippen molar-refractivity contribution in [1.82, 2.24) is 15.0 Å². The Balaban J connectivity index is 1.60. The number of aromatic nitrogens is 3. The van der Waals surface area contributed by atoms with E-state index in [0.717, 1.165) is 12.8 Å². The van der Waals surface area contributed by atoms with Crippen molar-refractivity contribution < 1.29 is 9.53 Å². The van der Waals surface area contributed by atoms with Gasteiger partial charge in [0.05, 0.1) is 23.6 Å². The van der Waals surface area contributed by atoms with Crippen molar-refractivity contribution in [3.05, 3.63) is 36.3 Å². The molecule has 0 radical (unpaired) electrons. The number of hydrogen-bond donors (Lipinski definition) is 1. The summed E-state index contributed by atoms with van der Waals surface area (Å²) >= 11 is 0. The van der Waals surface area contributed by atoms with Crippen LogP contribution in [0.15, 0.2) is 30.7 Å². The van der Waals surface area contributed by atoms with Gasteiger partial charge in [-0.2, -0.15) is 0 Å². The van der Waals surface area contributed by atoms with Crippen molar-refractivity contribution in [1.29, 1.82) is 0 Å². The number of nitrogens with zero attached hydrogens (tertiary/aromatic N) is 4. The van der Waals surface area contributed by atoms with Crippen LogP contribution in [0, 0.1) is 0 Å². The molecule has 0 spiro atoms. The highest BCUT2D eigenvalue weighted by Gasteiger charge is 2.17. The Kier molecular flexibility index (Phi) is 4.88. The third kappa shape index (κ3) is 3.98. The molecule has 0 aromatic carbocycles. The lowest BCUT2D eigenvalue weighted by Crippen LogP contribution is -2.16. The van der Waals surface area contributed by atoms with Gasteiger partial charge < -0.3 is 15.0 Å². The van der Waals surface area contributed by atoms with E-state index in [2.05, 4.69) is 20.3 Å². The molecule has 0 bridgehead atoms. The third-order valence-corrected chi connectivity index (χ3v) is 3.88. The zero-order valence-corrected chi connectivity index (χ0v) is 13.9. The molecule has 1 aliphatic rings. The molecule has 0 aliphatic heterocycles. The highest BCUT2D eigenvalue weighted by molar-refractivity contribution is 6.03. The Morgan fingerprint density at radius 3 is 2.42 bits per heavy atom. The lowest BCUT2D eigenvalue weighted by atomic mass is 10.2. The van der Waals surface area contributed by atoms with Gasteiger partial charge in [0.1, 0.15) is 6.10 Å². The topological polar surface area (TPSA) is 80.2 Å². The number of nitrogens with one attached hydrogen (secondary N) is 1. The number of carbonyl (C=O) groups is 1. The fourth-order valence-corrected chi connectivity index (χ4v) is 2.58. The second-order valence-electron chi connectivity index (χ2n) is 6.03. The van der Waals surface area contributed by atoms with E-state index in [9.17, 15) is 4.79 Å². The molecule has 126 valence electrons. The van der Waals surface area contributed by atoms with Crippen LogP contribution in [-0.2, 0) is 0 Å². The zero-order chi connectivity index (χ0) is 16.9. The minimum atomic E-state index is -0.254. The molecule has 7 nitrogen and oxygen atoms in total. The summed E-state index contributed by atoms with van der Waals surface area (Å²) in [5.74, 6) is 0.899. The van der Waals surface area contributed by atoms with Gasteiger partial charge in [-0.1, -0.05) is 0 Å². The van der Waals surface area contributed by atoms with E-state index < -0.39 is 0 Å². The monoisotopic (exact) mass is 327 g/mol. The highest BCUT2D eigenvalue weighted by Crippen LogP contribution is 2.23. The van der Waals surface area contributed by atoms with Gasteiger partial charge in [-0.05, 0) is 31.7 Å². The van der Waals surface area contributed by atoms with E-state index in [4.69, 9.17) is 4.74 Å². The molecule has 1 amide bonds. The molecule has 0 unspecified atom stereocenters. The Morgan fingerprint density at radius 2 is 1.83 bits per heavy atom. The molecule has 7 heteroatoms. The summed E-state index contributed by atoms with van der Waals surface area (Å²) in [4.78, 5) is 26.6. The van der Waals surface area contributed by atoms with E-state index in [1.165, 1.54) is 19.0 Å². The summed E-state index contributed by atoms with van der Waals surface area (Å²) in [5, 5.41) is 2.75. The van der Waals surface area contributed by atoms with Gasteiger partial charge in [0.2, 0.25) is 11.8 Å². The SMILES string of the molecule is CN(C)c1ncc(NC(=O)c2ccc(OC3CCCC3)nc2)cn1. The number of hydrogen-bond acceptors (Lipinski definition) is 6. The fourth-order valence-electron chi connectivity index (χ4n) is 2.58. The third-order valence-electron chi connectivity index (χ3n) is 3.88. The molecule has 24 heavy (non-hydrogen) atoms. The van der Waals surface area contributed by atoms with Gasteiger partial charge >= 0.3 is 0 Å². The van der Waals surface area contributed by atoms with Gasteiger partial charge in [0.15, 0.2) is 0 Å². The predicted molar refractivity (Wildman–Crippen MR) is 91.4 cm³/mol. The Morgan fingerprint density at radius 1 is 1.12 bits per heavy atom. The van der Waals surface area contributed by atoms with Gasteiger partial charge in [-0.3, -0.25) is 4.79 Å². The number of pyridine rings is 1. The average molecular weight is 327 g/mol. The quantitative estimate of drug-likeness (QED) is 0.909. The van der Waals surface area contributed by atoms with Gasteiger partial charge in [0, 0.05) is 26.4 Å². The number of rotatable bonds is 5. The second-order valence-corrected chi connectivity index (χ2v) is 6.03. The number of ether oxygens (including phenoxy) is 1. The van der Waals surface area contributed by atoms with E-state index in [1.54, 1.807) is 29.4 Å². The first-order valence-corrected chi connectivity index (χ1v) is 8.05. The summed E-state index contributed by atoms with van der Waals surface area (Å²) in [6, 6.07) is 3.44. The van der Waals surface area contributed by atoms with Crippen LogP contribution >= 0.6 is 0 Å². The molecule has 0 atom stereocenters. The lowest BCUT2D eigenvalue weighted by Gasteiger charge is -2.12. The van der Waals surface area contributed by atoms with Gasteiger partial charge in [-0.25, -0.2) is 15.0 Å². The molecular formula is C17H21N5O2. The minimum absolute atomic E-state index is 0.254. The average Bonchev–Trinajstić information content (AvgIpc) is 3.09. The summed E-state index contributed by atoms with van der Waals surface area (Å²) in [7, 11) is 3.71. The molecule has 3 rings (SSSR count). The summed E-state index contributed by atoms with van der Waals surface area (Å²) < 4.78 is 5.80. The van der Waals surface area contributed by atoms with Crippen LogP contribution in [0.25, 0.3) is 0 Å². The van der Waals surface area contributed by atoms with E-state index in [1.807, 2.05) is 14.1 Å². The van der Waals surface area contributed by atoms with Crippen molar-refractivity contribution in [2.75, 3.05) is 24.3 Å². The van der Waals surface area contributed by atoms with E-state index >= 15 is 0 Å². The molecule has 0 saturated heterocycles. The number of anilines is 2. The van der Waals surface area contributed by atoms with Crippen LogP contribution < -0.4 is 15.0 Å². The Labute approximate surface area is 141 Å². The van der Waals surface area contributed by atoms with E-state index in [0.29, 0.717) is 23.1 Å². The predicted octanol–water partition coefficient (Wildman–Crippen LogP) is 2.51. The number of carbonyl (C=O) groups excluding carboxylic acids is 1. The van der Waals surface area contributed by atoms with E-state index in [-0.39, 0.29) is 12.0 Å². The van der Waals surface area contributed by atoms with Gasteiger partial charge in [0.25, 0.3) is 5.91 Å². The Hall–Kier alpha value is -2.70. The summed E-state index contributed by atoms with van der Waals surface area (Å²) in [6.45, 7) is 0. The molecule has 2 aromatic rings. The van der Waals surface area contributed by atoms with Crippen molar-refractivity contribution in [3.8, 4) is 5.88 Å². The van der Waals surface area contributed by atoms with Crippen LogP contribution in [0.2, 0.25) is 0 Å². The smallest absolute Gasteiger partial charge is 0.257 e. The molecule has 2 heterocycles. The Bertz CT molecular complexity index is 679. The summed E-state index contributed by atoms with van der Waals surface area (Å²) in [5.41, 5.74) is 1.00. The van der Waals surface area contributed by atoms with Crippen molar-refractivity contribution in [2.45, 2.75) is 31.8 Å². The van der Waals surface area contributed by atoms with Crippen LogP contribution in [0.4, 0.5) is 11.6 Å². The molecular weight excluding hydrogens is 306 g/mol. The van der Waals surface area contributed by atoms with Crippen LogP contribution in [0.1, 0.15) is 36.0 Å². The molecule has 1 saturated carbocycles. The highest BCUT2D eigenvalue weighted by atomic mass is 16.5. The van der Waals surface area contributed by atoms with Crippen molar-refractivity contribution in [2.24, 2.45) is 0 Å². The first-order chi connectivity index (χ1) is 11.6. The maximum Gasteiger partial charge on any atom is 0.257 e. The maximum atomic E-state index is 12.2. The minimum Gasteiger partial charge on any atom is -0.474 e. The first kappa shape index (κ1) is 16.2. The maximum absolute atomic E-state index is 12.2. The summed E-state index contributed by atoms with van der Waals surface area (Å²) in [6.07, 6.45) is 9.49. The molecule has 1 fully saturated rings. The molecule has 1 N–H and O–H groups in total. The lowest BCUT2D eigenvalue weighted by molar-refractivity contribution is 0.102. The van der Waals surface area contributed by atoms with Crippen molar-refractivity contribution in [3.63, 3.8) is 0 Å².